The zero-order valence-corrected chi connectivity index (χ0v) is 12.5. The van der Waals surface area contributed by atoms with Crippen molar-refractivity contribution in [1.29, 1.82) is 0 Å². The average Bonchev–Trinajstić information content (AvgIpc) is 2.49. The first kappa shape index (κ1) is 15.0. The summed E-state index contributed by atoms with van der Waals surface area (Å²) in [7, 11) is 0. The van der Waals surface area contributed by atoms with Crippen molar-refractivity contribution in [1.82, 2.24) is 4.90 Å². The second kappa shape index (κ2) is 6.89. The Balaban J connectivity index is 1.85. The van der Waals surface area contributed by atoms with Gasteiger partial charge in [-0.15, -0.1) is 0 Å². The molecule has 4 heteroatoms. The SMILES string of the molecule is CCC(=O)C1CCN(C(=O)Cc2ccc(Cl)cc2)CC1. The Kier molecular flexibility index (Phi) is 5.18. The van der Waals surface area contributed by atoms with Crippen LogP contribution in [0.3, 0.4) is 0 Å². The first-order chi connectivity index (χ1) is 9.60. The molecule has 1 amide bonds. The third-order valence-corrected chi connectivity index (χ3v) is 4.17. The third kappa shape index (κ3) is 3.83. The molecule has 1 fully saturated rings. The van der Waals surface area contributed by atoms with E-state index in [1.54, 1.807) is 12.1 Å². The molecule has 3 nitrogen and oxygen atoms in total. The van der Waals surface area contributed by atoms with Crippen LogP contribution in [0.1, 0.15) is 31.7 Å². The summed E-state index contributed by atoms with van der Waals surface area (Å²) in [6.07, 6.45) is 2.62. The molecule has 0 spiro atoms. The molecule has 0 unspecified atom stereocenters. The van der Waals surface area contributed by atoms with Gasteiger partial charge in [0.1, 0.15) is 5.78 Å². The molecule has 0 radical (unpaired) electrons. The van der Waals surface area contributed by atoms with E-state index in [0.29, 0.717) is 36.7 Å². The van der Waals surface area contributed by atoms with Crippen molar-refractivity contribution in [3.63, 3.8) is 0 Å². The number of carbonyl (C=O) groups excluding carboxylic acids is 2. The highest BCUT2D eigenvalue weighted by atomic mass is 35.5. The van der Waals surface area contributed by atoms with E-state index in [9.17, 15) is 9.59 Å². The predicted molar refractivity (Wildman–Crippen MR) is 79.8 cm³/mol. The van der Waals surface area contributed by atoms with Crippen LogP contribution >= 0.6 is 11.6 Å². The lowest BCUT2D eigenvalue weighted by Crippen LogP contribution is -2.40. The molecular weight excluding hydrogens is 274 g/mol. The van der Waals surface area contributed by atoms with Gasteiger partial charge in [0.15, 0.2) is 0 Å². The number of carbonyl (C=O) groups is 2. The first-order valence-corrected chi connectivity index (χ1v) is 7.53. The van der Waals surface area contributed by atoms with Gasteiger partial charge in [-0.2, -0.15) is 0 Å². The van der Waals surface area contributed by atoms with Crippen LogP contribution in [0.4, 0.5) is 0 Å². The van der Waals surface area contributed by atoms with Gasteiger partial charge in [-0.1, -0.05) is 30.7 Å². The summed E-state index contributed by atoms with van der Waals surface area (Å²) in [4.78, 5) is 25.7. The minimum atomic E-state index is 0.134. The summed E-state index contributed by atoms with van der Waals surface area (Å²) >= 11 is 5.83. The van der Waals surface area contributed by atoms with E-state index < -0.39 is 0 Å². The van der Waals surface area contributed by atoms with Crippen molar-refractivity contribution >= 4 is 23.3 Å². The highest BCUT2D eigenvalue weighted by Gasteiger charge is 2.26. The van der Waals surface area contributed by atoms with Gasteiger partial charge in [0, 0.05) is 30.5 Å². The number of Topliss-reactive ketones (excluding diaryl/α,β-unsaturated/α-hetero) is 1. The monoisotopic (exact) mass is 293 g/mol. The molecule has 0 aliphatic carbocycles. The maximum Gasteiger partial charge on any atom is 0.226 e. The van der Waals surface area contributed by atoms with Gasteiger partial charge >= 0.3 is 0 Å². The van der Waals surface area contributed by atoms with Crippen LogP contribution in [0.25, 0.3) is 0 Å². The quantitative estimate of drug-likeness (QED) is 0.855. The molecule has 2 rings (SSSR count). The Morgan fingerprint density at radius 2 is 1.80 bits per heavy atom. The van der Waals surface area contributed by atoms with E-state index >= 15 is 0 Å². The number of ketones is 1. The standard InChI is InChI=1S/C16H20ClNO2/c1-2-15(19)13-7-9-18(10-8-13)16(20)11-12-3-5-14(17)6-4-12/h3-6,13H,2,7-11H2,1H3. The van der Waals surface area contributed by atoms with E-state index in [0.717, 1.165) is 18.4 Å². The van der Waals surface area contributed by atoms with Crippen LogP contribution in [0.15, 0.2) is 24.3 Å². The number of likely N-dealkylation sites (tertiary alicyclic amines) is 1. The van der Waals surface area contributed by atoms with Crippen molar-refractivity contribution in [3.8, 4) is 0 Å². The zero-order valence-electron chi connectivity index (χ0n) is 11.8. The highest BCUT2D eigenvalue weighted by Crippen LogP contribution is 2.20. The Bertz CT molecular complexity index is 476. The van der Waals surface area contributed by atoms with Crippen molar-refractivity contribution in [2.45, 2.75) is 32.6 Å². The largest absolute Gasteiger partial charge is 0.342 e. The number of halogens is 1. The summed E-state index contributed by atoms with van der Waals surface area (Å²) in [6, 6.07) is 7.37. The molecule has 0 saturated carbocycles. The van der Waals surface area contributed by atoms with Crippen LogP contribution < -0.4 is 0 Å². The fourth-order valence-electron chi connectivity index (χ4n) is 2.63. The Morgan fingerprint density at radius 3 is 2.35 bits per heavy atom. The van der Waals surface area contributed by atoms with Crippen LogP contribution in [0, 0.1) is 5.92 Å². The third-order valence-electron chi connectivity index (χ3n) is 3.92. The lowest BCUT2D eigenvalue weighted by Gasteiger charge is -2.31. The summed E-state index contributed by atoms with van der Waals surface area (Å²) in [5, 5.41) is 0.681. The van der Waals surface area contributed by atoms with E-state index in [2.05, 4.69) is 0 Å². The van der Waals surface area contributed by atoms with Gasteiger partial charge in [0.2, 0.25) is 5.91 Å². The second-order valence-corrected chi connectivity index (χ2v) is 5.71. The number of amides is 1. The van der Waals surface area contributed by atoms with Crippen LogP contribution in [-0.4, -0.2) is 29.7 Å². The van der Waals surface area contributed by atoms with Crippen molar-refractivity contribution in [3.05, 3.63) is 34.9 Å². The van der Waals surface area contributed by atoms with Gasteiger partial charge in [-0.25, -0.2) is 0 Å². The smallest absolute Gasteiger partial charge is 0.226 e. The van der Waals surface area contributed by atoms with Crippen LogP contribution in [0.2, 0.25) is 5.02 Å². The molecule has 20 heavy (non-hydrogen) atoms. The Morgan fingerprint density at radius 1 is 1.20 bits per heavy atom. The molecule has 1 aromatic rings. The predicted octanol–water partition coefficient (Wildman–Crippen LogP) is 3.10. The summed E-state index contributed by atoms with van der Waals surface area (Å²) in [6.45, 7) is 3.30. The lowest BCUT2D eigenvalue weighted by molar-refractivity contribution is -0.134. The van der Waals surface area contributed by atoms with Crippen LogP contribution in [-0.2, 0) is 16.0 Å². The minimum Gasteiger partial charge on any atom is -0.342 e. The molecule has 0 bridgehead atoms. The molecule has 108 valence electrons. The average molecular weight is 294 g/mol. The number of benzene rings is 1. The molecule has 0 N–H and O–H groups in total. The molecule has 1 aliphatic heterocycles. The van der Waals surface area contributed by atoms with Crippen molar-refractivity contribution in [2.75, 3.05) is 13.1 Å². The number of hydrogen-bond donors (Lipinski definition) is 0. The molecule has 1 saturated heterocycles. The van der Waals surface area contributed by atoms with Gasteiger partial charge in [-0.05, 0) is 30.5 Å². The molecule has 1 heterocycles. The van der Waals surface area contributed by atoms with E-state index in [1.165, 1.54) is 0 Å². The van der Waals surface area contributed by atoms with Gasteiger partial charge < -0.3 is 4.90 Å². The highest BCUT2D eigenvalue weighted by molar-refractivity contribution is 6.30. The van der Waals surface area contributed by atoms with Crippen LogP contribution in [0.5, 0.6) is 0 Å². The fraction of sp³-hybridized carbons (Fsp3) is 0.500. The number of piperidine rings is 1. The molecule has 0 aromatic heterocycles. The molecule has 1 aliphatic rings. The van der Waals surface area contributed by atoms with Gasteiger partial charge in [0.05, 0.1) is 6.42 Å². The molecular formula is C16H20ClNO2. The Labute approximate surface area is 124 Å². The van der Waals surface area contributed by atoms with Crippen molar-refractivity contribution < 1.29 is 9.59 Å². The molecule has 1 aromatic carbocycles. The van der Waals surface area contributed by atoms with E-state index in [-0.39, 0.29) is 11.8 Å². The maximum atomic E-state index is 12.2. The maximum absolute atomic E-state index is 12.2. The van der Waals surface area contributed by atoms with Gasteiger partial charge in [0.25, 0.3) is 0 Å². The summed E-state index contributed by atoms with van der Waals surface area (Å²) in [5.41, 5.74) is 0.978. The van der Waals surface area contributed by atoms with E-state index in [1.807, 2.05) is 24.0 Å². The van der Waals surface area contributed by atoms with E-state index in [4.69, 9.17) is 11.6 Å². The van der Waals surface area contributed by atoms with Crippen molar-refractivity contribution in [2.24, 2.45) is 5.92 Å². The molecule has 0 atom stereocenters. The minimum absolute atomic E-state index is 0.134. The topological polar surface area (TPSA) is 37.4 Å². The number of hydrogen-bond acceptors (Lipinski definition) is 2. The first-order valence-electron chi connectivity index (χ1n) is 7.15. The normalized spacial score (nSPS) is 16.2. The second-order valence-electron chi connectivity index (χ2n) is 5.28. The summed E-state index contributed by atoms with van der Waals surface area (Å²) in [5.74, 6) is 0.615. The fourth-order valence-corrected chi connectivity index (χ4v) is 2.75. The lowest BCUT2D eigenvalue weighted by atomic mass is 9.91. The summed E-state index contributed by atoms with van der Waals surface area (Å²) < 4.78 is 0. The zero-order chi connectivity index (χ0) is 14.5. The Hall–Kier alpha value is -1.35. The number of rotatable bonds is 4. The van der Waals surface area contributed by atoms with Gasteiger partial charge in [-0.3, -0.25) is 9.59 Å². The number of nitrogens with zero attached hydrogens (tertiary/aromatic N) is 1.